The first kappa shape index (κ1) is 27.5. The molecular weight excluding hydrogens is 498 g/mol. The van der Waals surface area contributed by atoms with Crippen LogP contribution in [0.1, 0.15) is 30.4 Å². The van der Waals surface area contributed by atoms with Crippen molar-refractivity contribution < 1.29 is 19.1 Å². The molecule has 3 aromatic carbocycles. The van der Waals surface area contributed by atoms with Crippen LogP contribution in [0.15, 0.2) is 83.8 Å². The second-order valence-corrected chi connectivity index (χ2v) is 10.5. The van der Waals surface area contributed by atoms with Gasteiger partial charge in [-0.3, -0.25) is 4.79 Å². The van der Waals surface area contributed by atoms with E-state index in [0.29, 0.717) is 30.9 Å². The van der Waals surface area contributed by atoms with Crippen molar-refractivity contribution in [2.75, 3.05) is 25.5 Å². The van der Waals surface area contributed by atoms with E-state index in [4.69, 9.17) is 15.2 Å². The summed E-state index contributed by atoms with van der Waals surface area (Å²) in [5.74, 6) is 1.60. The van der Waals surface area contributed by atoms with Gasteiger partial charge < -0.3 is 25.4 Å². The summed E-state index contributed by atoms with van der Waals surface area (Å²) >= 11 is 1.69. The Morgan fingerprint density at radius 3 is 2.32 bits per heavy atom. The van der Waals surface area contributed by atoms with E-state index in [9.17, 15) is 9.59 Å². The molecule has 0 aliphatic carbocycles. The van der Waals surface area contributed by atoms with Gasteiger partial charge in [0, 0.05) is 35.5 Å². The van der Waals surface area contributed by atoms with E-state index in [1.165, 1.54) is 5.56 Å². The van der Waals surface area contributed by atoms with Gasteiger partial charge in [-0.15, -0.1) is 11.8 Å². The van der Waals surface area contributed by atoms with Gasteiger partial charge in [0.15, 0.2) is 0 Å². The summed E-state index contributed by atoms with van der Waals surface area (Å²) in [5.41, 5.74) is 9.12. The largest absolute Gasteiger partial charge is 0.496 e. The Morgan fingerprint density at radius 2 is 1.66 bits per heavy atom. The maximum atomic E-state index is 12.8. The van der Waals surface area contributed by atoms with Gasteiger partial charge in [-0.1, -0.05) is 60.7 Å². The van der Waals surface area contributed by atoms with Crippen molar-refractivity contribution >= 4 is 29.4 Å². The van der Waals surface area contributed by atoms with E-state index in [1.54, 1.807) is 23.8 Å². The second kappa shape index (κ2) is 13.9. The minimum atomic E-state index is -0.630. The van der Waals surface area contributed by atoms with Gasteiger partial charge in [-0.05, 0) is 48.4 Å². The van der Waals surface area contributed by atoms with Crippen molar-refractivity contribution in [3.05, 3.63) is 90.0 Å². The van der Waals surface area contributed by atoms with E-state index in [1.807, 2.05) is 66.7 Å². The highest BCUT2D eigenvalue weighted by Crippen LogP contribution is 2.34. The molecule has 0 saturated carbocycles. The SMILES string of the molecule is COc1cc(NC(=O)C(N)CC2CCN(C(=O)OCc3ccccc3)CC2)ccc1SCc1ccccc1. The molecule has 0 radical (unpaired) electrons. The number of hydrogen-bond acceptors (Lipinski definition) is 6. The van der Waals surface area contributed by atoms with Crippen LogP contribution in [0.3, 0.4) is 0 Å². The molecule has 1 atom stereocenters. The Hall–Kier alpha value is -3.49. The molecule has 0 bridgehead atoms. The maximum absolute atomic E-state index is 12.8. The standard InChI is InChI=1S/C30H35N3O4S/c1-36-27-19-25(12-13-28(27)38-21-24-10-6-3-7-11-24)32-29(34)26(31)18-22-14-16-33(17-15-22)30(35)37-20-23-8-4-2-5-9-23/h2-13,19,22,26H,14-18,20-21,31H2,1H3,(H,32,34). The predicted octanol–water partition coefficient (Wildman–Crippen LogP) is 5.69. The zero-order valence-corrected chi connectivity index (χ0v) is 22.5. The number of piperidine rings is 1. The monoisotopic (exact) mass is 533 g/mol. The highest BCUT2D eigenvalue weighted by atomic mass is 32.2. The number of benzene rings is 3. The van der Waals surface area contributed by atoms with Crippen molar-refractivity contribution in [2.24, 2.45) is 11.7 Å². The minimum absolute atomic E-state index is 0.221. The van der Waals surface area contributed by atoms with Crippen LogP contribution in [0.5, 0.6) is 5.75 Å². The number of thioether (sulfide) groups is 1. The Balaban J connectivity index is 1.21. The van der Waals surface area contributed by atoms with Gasteiger partial charge in [0.05, 0.1) is 13.2 Å². The molecule has 1 aliphatic rings. The van der Waals surface area contributed by atoms with Crippen molar-refractivity contribution in [3.8, 4) is 5.75 Å². The summed E-state index contributed by atoms with van der Waals surface area (Å²) < 4.78 is 11.0. The molecule has 3 aromatic rings. The number of rotatable bonds is 10. The lowest BCUT2D eigenvalue weighted by Crippen LogP contribution is -2.42. The number of carbonyl (C=O) groups is 2. The lowest BCUT2D eigenvalue weighted by Gasteiger charge is -2.32. The number of carbonyl (C=O) groups excluding carboxylic acids is 2. The molecule has 2 amide bonds. The first-order valence-corrected chi connectivity index (χ1v) is 13.9. The number of amides is 2. The summed E-state index contributed by atoms with van der Waals surface area (Å²) in [7, 11) is 1.63. The molecule has 0 aromatic heterocycles. The lowest BCUT2D eigenvalue weighted by atomic mass is 9.90. The summed E-state index contributed by atoms with van der Waals surface area (Å²) in [6, 6.07) is 24.9. The third kappa shape index (κ3) is 8.00. The van der Waals surface area contributed by atoms with Gasteiger partial charge >= 0.3 is 6.09 Å². The molecule has 1 heterocycles. The summed E-state index contributed by atoms with van der Waals surface area (Å²) in [5, 5.41) is 2.93. The molecule has 1 aliphatic heterocycles. The lowest BCUT2D eigenvalue weighted by molar-refractivity contribution is -0.117. The summed E-state index contributed by atoms with van der Waals surface area (Å²) in [4.78, 5) is 27.9. The fourth-order valence-electron chi connectivity index (χ4n) is 4.46. The number of likely N-dealkylation sites (tertiary alicyclic amines) is 1. The maximum Gasteiger partial charge on any atom is 0.410 e. The first-order chi connectivity index (χ1) is 18.5. The normalized spacial score (nSPS) is 14.5. The Labute approximate surface area is 228 Å². The molecule has 1 unspecified atom stereocenters. The van der Waals surface area contributed by atoms with Crippen LogP contribution < -0.4 is 15.8 Å². The molecule has 200 valence electrons. The summed E-state index contributed by atoms with van der Waals surface area (Å²) in [6.07, 6.45) is 1.86. The smallest absolute Gasteiger partial charge is 0.410 e. The third-order valence-electron chi connectivity index (χ3n) is 6.67. The van der Waals surface area contributed by atoms with Crippen LogP contribution in [0.2, 0.25) is 0 Å². The molecule has 38 heavy (non-hydrogen) atoms. The van der Waals surface area contributed by atoms with Gasteiger partial charge in [-0.25, -0.2) is 4.79 Å². The number of hydrogen-bond donors (Lipinski definition) is 2. The van der Waals surface area contributed by atoms with Crippen LogP contribution in [0, 0.1) is 5.92 Å². The van der Waals surface area contributed by atoms with E-state index < -0.39 is 6.04 Å². The van der Waals surface area contributed by atoms with Gasteiger partial charge in [0.2, 0.25) is 5.91 Å². The highest BCUT2D eigenvalue weighted by Gasteiger charge is 2.27. The first-order valence-electron chi connectivity index (χ1n) is 12.9. The van der Waals surface area contributed by atoms with E-state index >= 15 is 0 Å². The van der Waals surface area contributed by atoms with Crippen LogP contribution in [-0.4, -0.2) is 43.1 Å². The molecule has 7 nitrogen and oxygen atoms in total. The van der Waals surface area contributed by atoms with Crippen molar-refractivity contribution in [1.29, 1.82) is 0 Å². The Bertz CT molecular complexity index is 1180. The number of nitrogens with zero attached hydrogens (tertiary/aromatic N) is 1. The molecule has 1 fully saturated rings. The van der Waals surface area contributed by atoms with Gasteiger partial charge in [0.1, 0.15) is 12.4 Å². The van der Waals surface area contributed by atoms with E-state index in [-0.39, 0.29) is 24.5 Å². The fourth-order valence-corrected chi connectivity index (χ4v) is 5.43. The number of ether oxygens (including phenoxy) is 2. The zero-order chi connectivity index (χ0) is 26.7. The van der Waals surface area contributed by atoms with Crippen LogP contribution in [0.4, 0.5) is 10.5 Å². The van der Waals surface area contributed by atoms with E-state index in [0.717, 1.165) is 29.1 Å². The topological polar surface area (TPSA) is 93.9 Å². The predicted molar refractivity (Wildman–Crippen MR) is 151 cm³/mol. The van der Waals surface area contributed by atoms with Crippen LogP contribution in [0.25, 0.3) is 0 Å². The average Bonchev–Trinajstić information content (AvgIpc) is 2.96. The second-order valence-electron chi connectivity index (χ2n) is 9.44. The van der Waals surface area contributed by atoms with Crippen molar-refractivity contribution in [2.45, 2.75) is 42.6 Å². The third-order valence-corrected chi connectivity index (χ3v) is 7.80. The van der Waals surface area contributed by atoms with Crippen molar-refractivity contribution in [3.63, 3.8) is 0 Å². The van der Waals surface area contributed by atoms with E-state index in [2.05, 4.69) is 17.4 Å². The van der Waals surface area contributed by atoms with Crippen LogP contribution in [-0.2, 0) is 21.9 Å². The quantitative estimate of drug-likeness (QED) is 0.325. The van der Waals surface area contributed by atoms with Crippen LogP contribution >= 0.6 is 11.8 Å². The molecule has 4 rings (SSSR count). The van der Waals surface area contributed by atoms with Gasteiger partial charge in [0.25, 0.3) is 0 Å². The molecule has 1 saturated heterocycles. The number of anilines is 1. The number of nitrogens with two attached hydrogens (primary N) is 1. The Morgan fingerprint density at radius 1 is 1.00 bits per heavy atom. The molecule has 0 spiro atoms. The summed E-state index contributed by atoms with van der Waals surface area (Å²) in [6.45, 7) is 1.47. The van der Waals surface area contributed by atoms with Crippen molar-refractivity contribution in [1.82, 2.24) is 4.90 Å². The number of nitrogens with one attached hydrogen (secondary N) is 1. The molecular formula is C30H35N3O4S. The average molecular weight is 534 g/mol. The minimum Gasteiger partial charge on any atom is -0.496 e. The molecule has 3 N–H and O–H groups in total. The zero-order valence-electron chi connectivity index (χ0n) is 21.7. The van der Waals surface area contributed by atoms with Gasteiger partial charge in [-0.2, -0.15) is 0 Å². The number of methoxy groups -OCH3 is 1. The Kier molecular flexibility index (Phi) is 10.1. The highest BCUT2D eigenvalue weighted by molar-refractivity contribution is 7.98. The molecule has 8 heteroatoms. The fraction of sp³-hybridized carbons (Fsp3) is 0.333.